The summed E-state index contributed by atoms with van der Waals surface area (Å²) in [6.45, 7) is 4.09. The Hall–Kier alpha value is -2.93. The molecule has 0 unspecified atom stereocenters. The first-order valence-electron chi connectivity index (χ1n) is 8.72. The van der Waals surface area contributed by atoms with Gasteiger partial charge in [0.25, 0.3) is 5.91 Å². The van der Waals surface area contributed by atoms with Crippen molar-refractivity contribution in [3.63, 3.8) is 0 Å². The number of carbonyl (C=O) groups excluding carboxylic acids is 1. The van der Waals surface area contributed by atoms with Gasteiger partial charge in [-0.25, -0.2) is 9.37 Å². The van der Waals surface area contributed by atoms with Gasteiger partial charge in [0.1, 0.15) is 18.2 Å². The molecule has 1 amide bonds. The molecular formula is C20H19ClFN3O3. The molecule has 0 aliphatic heterocycles. The first-order valence-corrected chi connectivity index (χ1v) is 9.09. The molecule has 1 heterocycles. The topological polar surface area (TPSA) is 75.4 Å². The van der Waals surface area contributed by atoms with Crippen molar-refractivity contribution in [2.24, 2.45) is 0 Å². The Balaban J connectivity index is 1.94. The molecule has 0 fully saturated rings. The number of halogens is 2. The molecule has 0 spiro atoms. The highest BCUT2D eigenvalue weighted by atomic mass is 35.5. The Bertz CT molecular complexity index is 1060. The Morgan fingerprint density at radius 1 is 1.25 bits per heavy atom. The molecule has 0 saturated carbocycles. The summed E-state index contributed by atoms with van der Waals surface area (Å²) in [6.07, 6.45) is 0. The number of carboxylic acids is 1. The Kier molecular flexibility index (Phi) is 5.65. The SMILES string of the molecule is CCn1c(C)nc2cc(C(=O)N(CC(=O)O)Cc3ccc(F)cc3Cl)ccc21. The summed E-state index contributed by atoms with van der Waals surface area (Å²) in [5.74, 6) is -1.29. The number of aryl methyl sites for hydroxylation is 2. The number of aliphatic carboxylic acids is 1. The molecule has 146 valence electrons. The lowest BCUT2D eigenvalue weighted by Gasteiger charge is -2.21. The minimum atomic E-state index is -1.15. The maximum atomic E-state index is 13.3. The Morgan fingerprint density at radius 3 is 2.64 bits per heavy atom. The smallest absolute Gasteiger partial charge is 0.323 e. The van der Waals surface area contributed by atoms with Crippen LogP contribution < -0.4 is 0 Å². The highest BCUT2D eigenvalue weighted by Crippen LogP contribution is 2.22. The molecule has 0 saturated heterocycles. The van der Waals surface area contributed by atoms with E-state index in [0.29, 0.717) is 16.6 Å². The van der Waals surface area contributed by atoms with Gasteiger partial charge < -0.3 is 14.6 Å². The molecule has 3 rings (SSSR count). The molecule has 28 heavy (non-hydrogen) atoms. The van der Waals surface area contributed by atoms with E-state index in [1.54, 1.807) is 18.2 Å². The van der Waals surface area contributed by atoms with Gasteiger partial charge in [0.2, 0.25) is 0 Å². The second kappa shape index (κ2) is 7.98. The van der Waals surface area contributed by atoms with Gasteiger partial charge in [0.15, 0.2) is 0 Å². The van der Waals surface area contributed by atoms with Gasteiger partial charge >= 0.3 is 5.97 Å². The fourth-order valence-corrected chi connectivity index (χ4v) is 3.41. The predicted octanol–water partition coefficient (Wildman–Crippen LogP) is 3.88. The van der Waals surface area contributed by atoms with Crippen LogP contribution in [0.25, 0.3) is 11.0 Å². The van der Waals surface area contributed by atoms with E-state index >= 15 is 0 Å². The third kappa shape index (κ3) is 3.99. The zero-order valence-corrected chi connectivity index (χ0v) is 16.2. The second-order valence-corrected chi connectivity index (χ2v) is 6.80. The predicted molar refractivity (Wildman–Crippen MR) is 104 cm³/mol. The number of benzene rings is 2. The third-order valence-corrected chi connectivity index (χ3v) is 4.84. The van der Waals surface area contributed by atoms with Crippen molar-refractivity contribution in [2.75, 3.05) is 6.54 Å². The summed E-state index contributed by atoms with van der Waals surface area (Å²) in [5.41, 5.74) is 2.36. The van der Waals surface area contributed by atoms with Crippen LogP contribution >= 0.6 is 11.6 Å². The summed E-state index contributed by atoms with van der Waals surface area (Å²) in [6, 6.07) is 8.89. The van der Waals surface area contributed by atoms with Crippen molar-refractivity contribution in [3.05, 3.63) is 64.2 Å². The molecule has 0 aliphatic carbocycles. The Morgan fingerprint density at radius 2 is 2.00 bits per heavy atom. The zero-order valence-electron chi connectivity index (χ0n) is 15.4. The number of hydrogen-bond acceptors (Lipinski definition) is 3. The standard InChI is InChI=1S/C20H19ClFN3O3/c1-3-25-12(2)23-17-8-13(5-7-18(17)25)20(28)24(11-19(26)27)10-14-4-6-15(22)9-16(14)21/h4-9H,3,10-11H2,1-2H3,(H,26,27). The van der Waals surface area contributed by atoms with Crippen LogP contribution in [0.2, 0.25) is 5.02 Å². The number of aromatic nitrogens is 2. The summed E-state index contributed by atoms with van der Waals surface area (Å²) < 4.78 is 15.3. The third-order valence-electron chi connectivity index (χ3n) is 4.49. The molecule has 0 atom stereocenters. The highest BCUT2D eigenvalue weighted by Gasteiger charge is 2.21. The highest BCUT2D eigenvalue weighted by molar-refractivity contribution is 6.31. The van der Waals surface area contributed by atoms with Crippen molar-refractivity contribution >= 4 is 34.5 Å². The van der Waals surface area contributed by atoms with E-state index in [9.17, 15) is 19.1 Å². The van der Waals surface area contributed by atoms with E-state index in [0.717, 1.165) is 28.9 Å². The normalized spacial score (nSPS) is 11.0. The number of nitrogens with zero attached hydrogens (tertiary/aromatic N) is 3. The van der Waals surface area contributed by atoms with E-state index in [4.69, 9.17) is 11.6 Å². The number of amides is 1. The van der Waals surface area contributed by atoms with Crippen molar-refractivity contribution in [1.29, 1.82) is 0 Å². The van der Waals surface area contributed by atoms with Gasteiger partial charge in [0, 0.05) is 23.7 Å². The van der Waals surface area contributed by atoms with Crippen LogP contribution in [0.3, 0.4) is 0 Å². The monoisotopic (exact) mass is 403 g/mol. The number of rotatable bonds is 6. The largest absolute Gasteiger partial charge is 0.480 e. The van der Waals surface area contributed by atoms with Crippen LogP contribution in [0.5, 0.6) is 0 Å². The van der Waals surface area contributed by atoms with Gasteiger partial charge in [0.05, 0.1) is 11.0 Å². The number of imidazole rings is 1. The van der Waals surface area contributed by atoms with E-state index < -0.39 is 24.2 Å². The molecule has 8 heteroatoms. The number of hydrogen-bond donors (Lipinski definition) is 1. The molecule has 2 aromatic carbocycles. The van der Waals surface area contributed by atoms with Crippen molar-refractivity contribution in [2.45, 2.75) is 26.9 Å². The van der Waals surface area contributed by atoms with E-state index in [-0.39, 0.29) is 11.6 Å². The van der Waals surface area contributed by atoms with Gasteiger partial charge in [-0.15, -0.1) is 0 Å². The number of carbonyl (C=O) groups is 2. The molecule has 0 bridgehead atoms. The fraction of sp³-hybridized carbons (Fsp3) is 0.250. The van der Waals surface area contributed by atoms with Crippen LogP contribution in [-0.4, -0.2) is 38.0 Å². The molecular weight excluding hydrogens is 385 g/mol. The van der Waals surface area contributed by atoms with Crippen LogP contribution in [0, 0.1) is 12.7 Å². The number of fused-ring (bicyclic) bond motifs is 1. The number of carboxylic acid groups (broad SMARTS) is 1. The molecule has 1 N–H and O–H groups in total. The summed E-state index contributed by atoms with van der Waals surface area (Å²) >= 11 is 6.04. The summed E-state index contributed by atoms with van der Waals surface area (Å²) in [4.78, 5) is 29.9. The second-order valence-electron chi connectivity index (χ2n) is 6.40. The van der Waals surface area contributed by atoms with Crippen molar-refractivity contribution in [3.8, 4) is 0 Å². The van der Waals surface area contributed by atoms with Gasteiger partial charge in [-0.05, 0) is 49.7 Å². The molecule has 0 radical (unpaired) electrons. The van der Waals surface area contributed by atoms with Gasteiger partial charge in [-0.2, -0.15) is 0 Å². The average Bonchev–Trinajstić information content (AvgIpc) is 2.96. The van der Waals surface area contributed by atoms with Crippen LogP contribution in [-0.2, 0) is 17.9 Å². The minimum Gasteiger partial charge on any atom is -0.480 e. The fourth-order valence-electron chi connectivity index (χ4n) is 3.18. The molecule has 3 aromatic rings. The first kappa shape index (κ1) is 19.8. The molecule has 1 aromatic heterocycles. The lowest BCUT2D eigenvalue weighted by Crippen LogP contribution is -2.35. The van der Waals surface area contributed by atoms with E-state index in [2.05, 4.69) is 4.98 Å². The zero-order chi connectivity index (χ0) is 20.4. The van der Waals surface area contributed by atoms with Crippen molar-refractivity contribution in [1.82, 2.24) is 14.5 Å². The lowest BCUT2D eigenvalue weighted by atomic mass is 10.1. The van der Waals surface area contributed by atoms with E-state index in [1.807, 2.05) is 18.4 Å². The first-order chi connectivity index (χ1) is 13.3. The minimum absolute atomic E-state index is 0.0509. The summed E-state index contributed by atoms with van der Waals surface area (Å²) in [7, 11) is 0. The van der Waals surface area contributed by atoms with Gasteiger partial charge in [-0.1, -0.05) is 17.7 Å². The van der Waals surface area contributed by atoms with Crippen LogP contribution in [0.1, 0.15) is 28.7 Å². The van der Waals surface area contributed by atoms with Gasteiger partial charge in [-0.3, -0.25) is 9.59 Å². The van der Waals surface area contributed by atoms with Crippen LogP contribution in [0.4, 0.5) is 4.39 Å². The summed E-state index contributed by atoms with van der Waals surface area (Å²) in [5, 5.41) is 9.35. The quantitative estimate of drug-likeness (QED) is 0.677. The van der Waals surface area contributed by atoms with E-state index in [1.165, 1.54) is 12.1 Å². The maximum absolute atomic E-state index is 13.3. The molecule has 6 nitrogen and oxygen atoms in total. The van der Waals surface area contributed by atoms with Crippen molar-refractivity contribution < 1.29 is 19.1 Å². The average molecular weight is 404 g/mol. The van der Waals surface area contributed by atoms with Crippen LogP contribution in [0.15, 0.2) is 36.4 Å². The maximum Gasteiger partial charge on any atom is 0.323 e. The molecule has 0 aliphatic rings. The lowest BCUT2D eigenvalue weighted by molar-refractivity contribution is -0.137. The Labute approximate surface area is 166 Å².